The summed E-state index contributed by atoms with van der Waals surface area (Å²) in [6.45, 7) is 4.20. The molecule has 0 aromatic carbocycles. The summed E-state index contributed by atoms with van der Waals surface area (Å²) in [5.74, 6) is 0.641. The summed E-state index contributed by atoms with van der Waals surface area (Å²) in [5.41, 5.74) is -1.78. The van der Waals surface area contributed by atoms with E-state index in [-0.39, 0.29) is 11.6 Å². The van der Waals surface area contributed by atoms with Gasteiger partial charge in [-0.25, -0.2) is 13.4 Å². The second-order valence-corrected chi connectivity index (χ2v) is 8.90. The molecule has 0 amide bonds. The lowest BCUT2D eigenvalue weighted by molar-refractivity contribution is -0.220. The second kappa shape index (κ2) is 6.06. The van der Waals surface area contributed by atoms with Crippen LogP contribution in [0.25, 0.3) is 0 Å². The number of ether oxygens (including phenoxy) is 1. The lowest BCUT2D eigenvalue weighted by Gasteiger charge is -2.49. The maximum absolute atomic E-state index is 12.7. The van der Waals surface area contributed by atoms with Gasteiger partial charge in [0.15, 0.2) is 5.03 Å². The number of piperidine rings is 1. The van der Waals surface area contributed by atoms with E-state index < -0.39 is 27.3 Å². The first-order valence-electron chi connectivity index (χ1n) is 8.27. The van der Waals surface area contributed by atoms with Gasteiger partial charge in [-0.3, -0.25) is 0 Å². The summed E-state index contributed by atoms with van der Waals surface area (Å²) in [7, 11) is -3.60. The van der Waals surface area contributed by atoms with Crippen molar-refractivity contribution < 1.29 is 23.4 Å². The summed E-state index contributed by atoms with van der Waals surface area (Å²) in [6, 6.07) is 0. The van der Waals surface area contributed by atoms with Crippen molar-refractivity contribution in [3.05, 3.63) is 12.0 Å². The monoisotopic (exact) mass is 359 g/mol. The van der Waals surface area contributed by atoms with Crippen LogP contribution in [0.5, 0.6) is 0 Å². The average molecular weight is 359 g/mol. The van der Waals surface area contributed by atoms with E-state index in [2.05, 4.69) is 9.97 Å². The van der Waals surface area contributed by atoms with Gasteiger partial charge < -0.3 is 19.9 Å². The molecule has 3 heterocycles. The SMILES string of the molecule is CCc1ncc(S(=O)(=O)N2CCC3(CC2)C[C@](C)(O)[C@@H](O)CO3)[nH]1. The van der Waals surface area contributed by atoms with Crippen LogP contribution in [-0.2, 0) is 21.2 Å². The normalized spacial score (nSPS) is 31.4. The molecular weight excluding hydrogens is 334 g/mol. The Morgan fingerprint density at radius 3 is 2.67 bits per heavy atom. The zero-order chi connectivity index (χ0) is 17.6. The maximum atomic E-state index is 12.7. The van der Waals surface area contributed by atoms with Crippen LogP contribution in [0.4, 0.5) is 0 Å². The van der Waals surface area contributed by atoms with Gasteiger partial charge in [-0.15, -0.1) is 0 Å². The third-order valence-electron chi connectivity index (χ3n) is 5.14. The summed E-state index contributed by atoms with van der Waals surface area (Å²) in [4.78, 5) is 6.90. The van der Waals surface area contributed by atoms with Crippen LogP contribution in [0.1, 0.15) is 38.9 Å². The van der Waals surface area contributed by atoms with Crippen LogP contribution in [0.15, 0.2) is 11.2 Å². The fourth-order valence-corrected chi connectivity index (χ4v) is 4.88. The molecule has 1 aromatic rings. The lowest BCUT2D eigenvalue weighted by Crippen LogP contribution is -2.59. The largest absolute Gasteiger partial charge is 0.388 e. The second-order valence-electron chi connectivity index (χ2n) is 7.00. The lowest BCUT2D eigenvalue weighted by atomic mass is 9.77. The molecule has 2 aliphatic rings. The molecule has 0 unspecified atom stereocenters. The third-order valence-corrected chi connectivity index (χ3v) is 6.95. The smallest absolute Gasteiger partial charge is 0.260 e. The minimum absolute atomic E-state index is 0.0696. The Bertz CT molecular complexity index is 692. The Morgan fingerprint density at radius 2 is 2.12 bits per heavy atom. The molecule has 0 bridgehead atoms. The van der Waals surface area contributed by atoms with Gasteiger partial charge in [-0.05, 0) is 19.8 Å². The van der Waals surface area contributed by atoms with Gasteiger partial charge in [0, 0.05) is 25.9 Å². The molecule has 136 valence electrons. The van der Waals surface area contributed by atoms with Crippen molar-refractivity contribution in [3.8, 4) is 0 Å². The van der Waals surface area contributed by atoms with Gasteiger partial charge in [0.25, 0.3) is 10.0 Å². The fraction of sp³-hybridized carbons (Fsp3) is 0.800. The van der Waals surface area contributed by atoms with Crippen molar-refractivity contribution in [3.63, 3.8) is 0 Å². The van der Waals surface area contributed by atoms with Gasteiger partial charge in [0.1, 0.15) is 11.9 Å². The van der Waals surface area contributed by atoms with Gasteiger partial charge in [-0.1, -0.05) is 6.92 Å². The number of aromatic amines is 1. The number of aryl methyl sites for hydroxylation is 1. The molecule has 0 radical (unpaired) electrons. The van der Waals surface area contributed by atoms with Gasteiger partial charge in [0.2, 0.25) is 0 Å². The van der Waals surface area contributed by atoms with Gasteiger partial charge >= 0.3 is 0 Å². The van der Waals surface area contributed by atoms with E-state index in [1.807, 2.05) is 6.92 Å². The van der Waals surface area contributed by atoms with Gasteiger partial charge in [0.05, 0.1) is 24.0 Å². The predicted octanol–water partition coefficient (Wildman–Crippen LogP) is 0.0276. The number of nitrogens with zero attached hydrogens (tertiary/aromatic N) is 2. The minimum atomic E-state index is -3.60. The molecule has 24 heavy (non-hydrogen) atoms. The summed E-state index contributed by atoms with van der Waals surface area (Å²) < 4.78 is 32.6. The van der Waals surface area contributed by atoms with Crippen molar-refractivity contribution in [2.24, 2.45) is 0 Å². The Hall–Kier alpha value is -1.00. The van der Waals surface area contributed by atoms with Crippen LogP contribution in [0.3, 0.4) is 0 Å². The van der Waals surface area contributed by atoms with Crippen LogP contribution >= 0.6 is 0 Å². The van der Waals surface area contributed by atoms with Crippen molar-refractivity contribution in [2.45, 2.75) is 61.9 Å². The standard InChI is InChI=1S/C15H25N3O5S/c1-3-12-16-8-13(17-12)24(21,22)18-6-4-15(5-7-18)10-14(2,20)11(19)9-23-15/h8,11,19-20H,3-7,9-10H2,1-2H3,(H,16,17)/t11-,14-/m0/s1. The van der Waals surface area contributed by atoms with Crippen molar-refractivity contribution >= 4 is 10.0 Å². The topological polar surface area (TPSA) is 116 Å². The molecule has 9 heteroatoms. The van der Waals surface area contributed by atoms with Gasteiger partial charge in [-0.2, -0.15) is 4.31 Å². The zero-order valence-corrected chi connectivity index (χ0v) is 14.8. The van der Waals surface area contributed by atoms with E-state index >= 15 is 0 Å². The van der Waals surface area contributed by atoms with E-state index in [9.17, 15) is 18.6 Å². The number of hydrogen-bond donors (Lipinski definition) is 3. The first kappa shape index (κ1) is 17.8. The highest BCUT2D eigenvalue weighted by Crippen LogP contribution is 2.40. The van der Waals surface area contributed by atoms with E-state index in [1.165, 1.54) is 10.5 Å². The quantitative estimate of drug-likeness (QED) is 0.701. The summed E-state index contributed by atoms with van der Waals surface area (Å²) in [6.07, 6.45) is 2.37. The molecule has 2 atom stereocenters. The number of nitrogens with one attached hydrogen (secondary N) is 1. The molecule has 2 saturated heterocycles. The molecule has 3 N–H and O–H groups in total. The van der Waals surface area contributed by atoms with E-state index in [1.54, 1.807) is 6.92 Å². The highest BCUT2D eigenvalue weighted by atomic mass is 32.2. The number of imidazole rings is 1. The van der Waals surface area contributed by atoms with Crippen molar-refractivity contribution in [1.29, 1.82) is 0 Å². The molecule has 2 aliphatic heterocycles. The minimum Gasteiger partial charge on any atom is -0.388 e. The highest BCUT2D eigenvalue weighted by molar-refractivity contribution is 7.89. The van der Waals surface area contributed by atoms with Crippen LogP contribution < -0.4 is 0 Å². The van der Waals surface area contributed by atoms with Crippen molar-refractivity contribution in [2.75, 3.05) is 19.7 Å². The number of aromatic nitrogens is 2. The molecule has 3 rings (SSSR count). The van der Waals surface area contributed by atoms with E-state index in [0.717, 1.165) is 0 Å². The van der Waals surface area contributed by atoms with E-state index in [4.69, 9.17) is 4.74 Å². The first-order valence-corrected chi connectivity index (χ1v) is 9.71. The Kier molecular flexibility index (Phi) is 4.50. The molecule has 1 aromatic heterocycles. The molecular formula is C15H25N3O5S. The zero-order valence-electron chi connectivity index (χ0n) is 14.0. The number of rotatable bonds is 3. The highest BCUT2D eigenvalue weighted by Gasteiger charge is 2.49. The Balaban J connectivity index is 1.71. The summed E-state index contributed by atoms with van der Waals surface area (Å²) >= 11 is 0. The first-order chi connectivity index (χ1) is 11.2. The van der Waals surface area contributed by atoms with Crippen LogP contribution in [0, 0.1) is 0 Å². The van der Waals surface area contributed by atoms with Crippen LogP contribution in [0.2, 0.25) is 0 Å². The average Bonchev–Trinajstić information content (AvgIpc) is 3.01. The van der Waals surface area contributed by atoms with E-state index in [0.29, 0.717) is 44.6 Å². The third kappa shape index (κ3) is 3.11. The number of aliphatic hydroxyl groups excluding tert-OH is 1. The molecule has 0 saturated carbocycles. The number of aliphatic hydroxyl groups is 2. The molecule has 8 nitrogen and oxygen atoms in total. The van der Waals surface area contributed by atoms with Crippen molar-refractivity contribution in [1.82, 2.24) is 14.3 Å². The Morgan fingerprint density at radius 1 is 1.46 bits per heavy atom. The molecule has 1 spiro atoms. The number of hydrogen-bond acceptors (Lipinski definition) is 6. The number of H-pyrrole nitrogens is 1. The predicted molar refractivity (Wildman–Crippen MR) is 85.9 cm³/mol. The molecule has 2 fully saturated rings. The fourth-order valence-electron chi connectivity index (χ4n) is 3.50. The number of sulfonamides is 1. The maximum Gasteiger partial charge on any atom is 0.260 e. The molecule has 0 aliphatic carbocycles. The Labute approximate surface area is 141 Å². The van der Waals surface area contributed by atoms with Crippen LogP contribution in [-0.4, -0.2) is 69.9 Å². The summed E-state index contributed by atoms with van der Waals surface area (Å²) in [5, 5.41) is 20.2.